The summed E-state index contributed by atoms with van der Waals surface area (Å²) in [6.45, 7) is 7.65. The van der Waals surface area contributed by atoms with Crippen LogP contribution >= 0.6 is 0 Å². The van der Waals surface area contributed by atoms with Crippen molar-refractivity contribution >= 4 is 5.97 Å². The van der Waals surface area contributed by atoms with Gasteiger partial charge in [-0.1, -0.05) is 32.9 Å². The Bertz CT molecular complexity index is 595. The fraction of sp³-hybridized carbons (Fsp3) is 0.880. The minimum Gasteiger partial charge on any atom is -0.469 e. The maximum atomic E-state index is 11.6. The van der Waals surface area contributed by atoms with Crippen LogP contribution in [0.15, 0.2) is 12.2 Å². The maximum Gasteiger partial charge on any atom is 0.305 e. The summed E-state index contributed by atoms with van der Waals surface area (Å²) >= 11 is 0. The molecule has 3 fully saturated rings. The maximum absolute atomic E-state index is 11.6. The summed E-state index contributed by atoms with van der Waals surface area (Å²) in [5, 5.41) is 0. The highest BCUT2D eigenvalue weighted by Crippen LogP contribution is 2.67. The minimum atomic E-state index is -0.0399. The monoisotopic (exact) mass is 372 g/mol. The van der Waals surface area contributed by atoms with E-state index in [0.29, 0.717) is 23.2 Å². The molecule has 0 radical (unpaired) electrons. The summed E-state index contributed by atoms with van der Waals surface area (Å²) in [5.74, 6) is 5.15. The fourth-order valence-electron chi connectivity index (χ4n) is 8.46. The smallest absolute Gasteiger partial charge is 0.305 e. The van der Waals surface area contributed by atoms with Gasteiger partial charge in [0.05, 0.1) is 7.11 Å². The number of allylic oxidation sites excluding steroid dienone is 2. The summed E-state index contributed by atoms with van der Waals surface area (Å²) in [6.07, 6.45) is 17.8. The van der Waals surface area contributed by atoms with E-state index in [0.717, 1.165) is 36.0 Å². The molecule has 0 amide bonds. The Hall–Kier alpha value is -0.790. The van der Waals surface area contributed by atoms with Gasteiger partial charge in [0.1, 0.15) is 0 Å². The predicted octanol–water partition coefficient (Wildman–Crippen LogP) is 6.40. The number of ether oxygens (including phenoxy) is 1. The molecule has 4 aliphatic carbocycles. The molecule has 0 heterocycles. The molecule has 152 valence electrons. The molecule has 0 aliphatic heterocycles. The molecule has 2 heteroatoms. The van der Waals surface area contributed by atoms with Crippen molar-refractivity contribution in [3.05, 3.63) is 12.2 Å². The lowest BCUT2D eigenvalue weighted by atomic mass is 9.45. The first-order valence-corrected chi connectivity index (χ1v) is 11.6. The van der Waals surface area contributed by atoms with E-state index in [2.05, 4.69) is 32.9 Å². The molecule has 0 aromatic rings. The second-order valence-corrected chi connectivity index (χ2v) is 10.9. The molecular formula is C25H40O2. The molecule has 4 aliphatic rings. The first kappa shape index (κ1) is 19.5. The van der Waals surface area contributed by atoms with Gasteiger partial charge < -0.3 is 4.74 Å². The number of carbonyl (C=O) groups excluding carboxylic acids is 1. The molecule has 8 atom stereocenters. The third kappa shape index (κ3) is 3.10. The Morgan fingerprint density at radius 2 is 1.85 bits per heavy atom. The molecule has 0 aromatic heterocycles. The van der Waals surface area contributed by atoms with Crippen LogP contribution in [0.5, 0.6) is 0 Å². The predicted molar refractivity (Wildman–Crippen MR) is 110 cm³/mol. The van der Waals surface area contributed by atoms with E-state index in [1.54, 1.807) is 0 Å². The average Bonchev–Trinajstić information content (AvgIpc) is 3.02. The van der Waals surface area contributed by atoms with E-state index >= 15 is 0 Å². The molecule has 4 rings (SSSR count). The highest BCUT2D eigenvalue weighted by atomic mass is 16.5. The van der Waals surface area contributed by atoms with Gasteiger partial charge in [-0.2, -0.15) is 0 Å². The highest BCUT2D eigenvalue weighted by Gasteiger charge is 2.59. The average molecular weight is 373 g/mol. The first-order valence-electron chi connectivity index (χ1n) is 11.6. The van der Waals surface area contributed by atoms with Gasteiger partial charge in [-0.05, 0) is 104 Å². The van der Waals surface area contributed by atoms with E-state index in [4.69, 9.17) is 4.74 Å². The van der Waals surface area contributed by atoms with Gasteiger partial charge in [-0.15, -0.1) is 0 Å². The van der Waals surface area contributed by atoms with Crippen LogP contribution < -0.4 is 0 Å². The number of hydrogen-bond donors (Lipinski definition) is 0. The zero-order valence-electron chi connectivity index (χ0n) is 18.0. The van der Waals surface area contributed by atoms with Gasteiger partial charge in [-0.25, -0.2) is 0 Å². The first-order chi connectivity index (χ1) is 12.9. The summed E-state index contributed by atoms with van der Waals surface area (Å²) < 4.78 is 4.88. The molecule has 0 N–H and O–H groups in total. The molecule has 0 saturated heterocycles. The van der Waals surface area contributed by atoms with Crippen LogP contribution in [0.25, 0.3) is 0 Å². The SMILES string of the molecule is COC(=O)CC[C@@H](C)[C@H]1CC[C@H]2[C@@H]3CCC4CC=CC[C@]4(C)[C@H]3CC[C@]12C. The Kier molecular flexibility index (Phi) is 5.23. The van der Waals surface area contributed by atoms with Gasteiger partial charge in [-0.3, -0.25) is 4.79 Å². The van der Waals surface area contributed by atoms with E-state index in [1.165, 1.54) is 58.5 Å². The summed E-state index contributed by atoms with van der Waals surface area (Å²) in [6, 6.07) is 0. The van der Waals surface area contributed by atoms with Crippen LogP contribution in [0, 0.1) is 46.3 Å². The largest absolute Gasteiger partial charge is 0.469 e. The lowest BCUT2D eigenvalue weighted by Crippen LogP contribution is -2.52. The number of hydrogen-bond acceptors (Lipinski definition) is 2. The lowest BCUT2D eigenvalue weighted by Gasteiger charge is -2.60. The molecule has 0 bridgehead atoms. The third-order valence-corrected chi connectivity index (χ3v) is 10.0. The molecule has 2 nitrogen and oxygen atoms in total. The van der Waals surface area contributed by atoms with Gasteiger partial charge in [0.15, 0.2) is 0 Å². The summed E-state index contributed by atoms with van der Waals surface area (Å²) in [5.41, 5.74) is 1.07. The summed E-state index contributed by atoms with van der Waals surface area (Å²) in [7, 11) is 1.51. The van der Waals surface area contributed by atoms with Crippen molar-refractivity contribution in [1.29, 1.82) is 0 Å². The number of methoxy groups -OCH3 is 1. The Balaban J connectivity index is 1.49. The Morgan fingerprint density at radius 1 is 1.07 bits per heavy atom. The molecular weight excluding hydrogens is 332 g/mol. The van der Waals surface area contributed by atoms with Gasteiger partial charge >= 0.3 is 5.97 Å². The van der Waals surface area contributed by atoms with Crippen molar-refractivity contribution < 1.29 is 9.53 Å². The van der Waals surface area contributed by atoms with Gasteiger partial charge in [0, 0.05) is 6.42 Å². The highest BCUT2D eigenvalue weighted by molar-refractivity contribution is 5.69. The zero-order valence-corrected chi connectivity index (χ0v) is 18.0. The van der Waals surface area contributed by atoms with Crippen LogP contribution in [-0.4, -0.2) is 13.1 Å². The molecule has 0 aromatic carbocycles. The third-order valence-electron chi connectivity index (χ3n) is 10.0. The van der Waals surface area contributed by atoms with Crippen LogP contribution in [-0.2, 0) is 9.53 Å². The van der Waals surface area contributed by atoms with Crippen LogP contribution in [0.3, 0.4) is 0 Å². The number of carbonyl (C=O) groups is 1. The topological polar surface area (TPSA) is 26.3 Å². The minimum absolute atomic E-state index is 0.0399. The van der Waals surface area contributed by atoms with Crippen molar-refractivity contribution in [3.8, 4) is 0 Å². The van der Waals surface area contributed by atoms with Crippen molar-refractivity contribution in [3.63, 3.8) is 0 Å². The van der Waals surface area contributed by atoms with Crippen molar-refractivity contribution in [1.82, 2.24) is 0 Å². The second kappa shape index (κ2) is 7.23. The van der Waals surface area contributed by atoms with Gasteiger partial charge in [0.2, 0.25) is 0 Å². The Morgan fingerprint density at radius 3 is 2.63 bits per heavy atom. The zero-order chi connectivity index (χ0) is 19.2. The second-order valence-electron chi connectivity index (χ2n) is 10.9. The number of fused-ring (bicyclic) bond motifs is 5. The fourth-order valence-corrected chi connectivity index (χ4v) is 8.46. The quantitative estimate of drug-likeness (QED) is 0.421. The molecule has 27 heavy (non-hydrogen) atoms. The molecule has 0 spiro atoms. The van der Waals surface area contributed by atoms with Gasteiger partial charge in [0.25, 0.3) is 0 Å². The van der Waals surface area contributed by atoms with Crippen LogP contribution in [0.2, 0.25) is 0 Å². The van der Waals surface area contributed by atoms with Crippen LogP contribution in [0.4, 0.5) is 0 Å². The lowest BCUT2D eigenvalue weighted by molar-refractivity contribution is -0.141. The number of esters is 1. The Labute approximate surface area is 166 Å². The number of rotatable bonds is 4. The van der Waals surface area contributed by atoms with Crippen molar-refractivity contribution in [2.24, 2.45) is 46.3 Å². The normalized spacial score (nSPS) is 46.9. The molecule has 3 saturated carbocycles. The van der Waals surface area contributed by atoms with Crippen molar-refractivity contribution in [2.45, 2.75) is 85.0 Å². The van der Waals surface area contributed by atoms with E-state index in [9.17, 15) is 4.79 Å². The van der Waals surface area contributed by atoms with Crippen LogP contribution in [0.1, 0.15) is 85.0 Å². The van der Waals surface area contributed by atoms with E-state index in [-0.39, 0.29) is 5.97 Å². The van der Waals surface area contributed by atoms with E-state index in [1.807, 2.05) is 0 Å². The van der Waals surface area contributed by atoms with Crippen molar-refractivity contribution in [2.75, 3.05) is 7.11 Å². The van der Waals surface area contributed by atoms with E-state index < -0.39 is 0 Å². The summed E-state index contributed by atoms with van der Waals surface area (Å²) in [4.78, 5) is 11.6. The standard InChI is InChI=1S/C25H40O2/c1-17(8-13-23(26)27-4)20-11-12-21-19-10-9-18-7-5-6-15-24(18,2)22(19)14-16-25(20,21)3/h5-6,17-22H,7-16H2,1-4H3/t17-,18?,19+,20-,21+,22+,24+,25-/m1/s1. The molecule has 1 unspecified atom stereocenters.